The Morgan fingerprint density at radius 1 is 0.625 bits per heavy atom. The first-order valence-corrected chi connectivity index (χ1v) is 9.23. The van der Waals surface area contributed by atoms with E-state index in [1.165, 1.54) is 55.1 Å². The van der Waals surface area contributed by atoms with Crippen LogP contribution in [0.3, 0.4) is 0 Å². The highest BCUT2D eigenvalue weighted by Gasteiger charge is 2.13. The molecule has 2 amide bonds. The zero-order valence-corrected chi connectivity index (χ0v) is 18.7. The van der Waals surface area contributed by atoms with Crippen LogP contribution < -0.4 is 39.3 Å². The lowest BCUT2D eigenvalue weighted by molar-refractivity contribution is 0.242. The van der Waals surface area contributed by atoms with Gasteiger partial charge in [-0.2, -0.15) is 10.2 Å². The van der Waals surface area contributed by atoms with E-state index >= 15 is 0 Å². The van der Waals surface area contributed by atoms with Crippen molar-refractivity contribution in [2.75, 3.05) is 42.7 Å². The molecule has 2 N–H and O–H groups in total. The van der Waals surface area contributed by atoms with Crippen molar-refractivity contribution in [1.29, 1.82) is 0 Å². The summed E-state index contributed by atoms with van der Waals surface area (Å²) in [4.78, 5) is 11.9. The lowest BCUT2D eigenvalue weighted by atomic mass is 10.2. The molecule has 2 aromatic carbocycles. The molecule has 0 spiro atoms. The number of amides is 2. The Morgan fingerprint density at radius 2 is 0.938 bits per heavy atom. The number of hydrogen-bond acceptors (Lipinski definition) is 9. The van der Waals surface area contributed by atoms with Gasteiger partial charge in [-0.1, -0.05) is 0 Å². The van der Waals surface area contributed by atoms with Crippen LogP contribution in [0.15, 0.2) is 34.5 Å². The number of nitrogens with zero attached hydrogens (tertiary/aromatic N) is 2. The number of carbonyl (C=O) groups is 1. The van der Waals surface area contributed by atoms with Gasteiger partial charge >= 0.3 is 6.03 Å². The number of nitrogens with one attached hydrogen (secondary N) is 2. The van der Waals surface area contributed by atoms with Crippen molar-refractivity contribution in [2.24, 2.45) is 10.2 Å². The Kier molecular flexibility index (Phi) is 8.96. The van der Waals surface area contributed by atoms with Crippen LogP contribution in [0, 0.1) is 0 Å². The van der Waals surface area contributed by atoms with Crippen LogP contribution in [0.25, 0.3) is 0 Å². The largest absolute Gasteiger partial charge is 0.493 e. The van der Waals surface area contributed by atoms with Gasteiger partial charge in [-0.15, -0.1) is 0 Å². The number of carbonyl (C=O) groups excluding carboxylic acids is 1. The molecule has 0 saturated carbocycles. The molecule has 2 rings (SSSR count). The number of ether oxygens (including phenoxy) is 6. The van der Waals surface area contributed by atoms with E-state index in [1.807, 2.05) is 0 Å². The van der Waals surface area contributed by atoms with E-state index < -0.39 is 6.03 Å². The predicted molar refractivity (Wildman–Crippen MR) is 119 cm³/mol. The Balaban J connectivity index is 2.02. The van der Waals surface area contributed by atoms with Crippen molar-refractivity contribution in [3.63, 3.8) is 0 Å². The summed E-state index contributed by atoms with van der Waals surface area (Å²) in [6, 6.07) is 6.11. The van der Waals surface area contributed by atoms with Gasteiger partial charge in [-0.05, 0) is 24.3 Å². The summed E-state index contributed by atoms with van der Waals surface area (Å²) in [5.41, 5.74) is 5.87. The Hall–Kier alpha value is -4.15. The van der Waals surface area contributed by atoms with E-state index in [2.05, 4.69) is 21.1 Å². The Labute approximate surface area is 185 Å². The second kappa shape index (κ2) is 11.9. The number of rotatable bonds is 10. The lowest BCUT2D eigenvalue weighted by Gasteiger charge is -2.12. The fourth-order valence-electron chi connectivity index (χ4n) is 2.71. The lowest BCUT2D eigenvalue weighted by Crippen LogP contribution is -2.28. The van der Waals surface area contributed by atoms with E-state index in [9.17, 15) is 4.79 Å². The van der Waals surface area contributed by atoms with E-state index in [-0.39, 0.29) is 0 Å². The Morgan fingerprint density at radius 3 is 1.19 bits per heavy atom. The van der Waals surface area contributed by atoms with Gasteiger partial charge < -0.3 is 28.4 Å². The molecule has 0 aliphatic rings. The summed E-state index contributed by atoms with van der Waals surface area (Å²) in [5.74, 6) is 2.78. The molecule has 0 bridgehead atoms. The molecule has 2 aromatic rings. The minimum atomic E-state index is -0.641. The van der Waals surface area contributed by atoms with Gasteiger partial charge in [0, 0.05) is 11.1 Å². The Bertz CT molecular complexity index is 865. The highest BCUT2D eigenvalue weighted by atomic mass is 16.5. The molecule has 0 atom stereocenters. The van der Waals surface area contributed by atoms with Gasteiger partial charge in [0.25, 0.3) is 0 Å². The van der Waals surface area contributed by atoms with E-state index in [4.69, 9.17) is 28.4 Å². The van der Waals surface area contributed by atoms with E-state index in [0.717, 1.165) is 0 Å². The predicted octanol–water partition coefficient (Wildman–Crippen LogP) is 2.41. The van der Waals surface area contributed by atoms with Crippen molar-refractivity contribution in [1.82, 2.24) is 10.9 Å². The average Bonchev–Trinajstić information content (AvgIpc) is 2.82. The molecule has 0 aromatic heterocycles. The fraction of sp³-hybridized carbons (Fsp3) is 0.286. The monoisotopic (exact) mass is 446 g/mol. The maximum absolute atomic E-state index is 11.9. The van der Waals surface area contributed by atoms with Gasteiger partial charge in [0.2, 0.25) is 11.5 Å². The van der Waals surface area contributed by atoms with Gasteiger partial charge in [0.15, 0.2) is 23.0 Å². The minimum Gasteiger partial charge on any atom is -0.493 e. The normalized spacial score (nSPS) is 10.7. The third kappa shape index (κ3) is 5.94. The molecule has 32 heavy (non-hydrogen) atoms. The van der Waals surface area contributed by atoms with Gasteiger partial charge in [0.1, 0.15) is 0 Å². The van der Waals surface area contributed by atoms with E-state index in [1.54, 1.807) is 24.3 Å². The SMILES string of the molecule is COc1cc(C=NNC(=O)NN=Cc2cc(OC)c(OC)c(OC)c2)cc(OC)c1OC. The summed E-state index contributed by atoms with van der Waals surface area (Å²) in [6.45, 7) is 0. The number of hydrogen-bond donors (Lipinski definition) is 2. The molecule has 0 aliphatic carbocycles. The summed E-state index contributed by atoms with van der Waals surface area (Å²) < 4.78 is 31.6. The van der Waals surface area contributed by atoms with Crippen molar-refractivity contribution in [2.45, 2.75) is 0 Å². The molecule has 11 heteroatoms. The summed E-state index contributed by atoms with van der Waals surface area (Å²) >= 11 is 0. The molecule has 11 nitrogen and oxygen atoms in total. The fourth-order valence-corrected chi connectivity index (χ4v) is 2.71. The first-order chi connectivity index (χ1) is 15.5. The third-order valence-corrected chi connectivity index (χ3v) is 4.13. The number of urea groups is 1. The minimum absolute atomic E-state index is 0.457. The molecular weight excluding hydrogens is 420 g/mol. The summed E-state index contributed by atoms with van der Waals surface area (Å²) in [5, 5.41) is 7.76. The van der Waals surface area contributed by atoms with Crippen molar-refractivity contribution in [3.8, 4) is 34.5 Å². The molecule has 172 valence electrons. The number of methoxy groups -OCH3 is 6. The van der Waals surface area contributed by atoms with Crippen molar-refractivity contribution >= 4 is 18.5 Å². The maximum atomic E-state index is 11.9. The highest BCUT2D eigenvalue weighted by molar-refractivity contribution is 5.85. The van der Waals surface area contributed by atoms with Crippen LogP contribution in [-0.4, -0.2) is 61.1 Å². The van der Waals surface area contributed by atoms with Crippen LogP contribution in [0.4, 0.5) is 4.79 Å². The van der Waals surface area contributed by atoms with Crippen LogP contribution in [0.1, 0.15) is 11.1 Å². The zero-order chi connectivity index (χ0) is 23.5. The van der Waals surface area contributed by atoms with Crippen LogP contribution >= 0.6 is 0 Å². The standard InChI is InChI=1S/C21H26N4O7/c1-27-15-7-13(8-16(28-2)19(15)31-5)11-22-24-21(26)25-23-12-14-9-17(29-3)20(32-6)18(10-14)30-4/h7-12H,1-6H3,(H2,24,25,26). The van der Waals surface area contributed by atoms with Crippen LogP contribution in [0.2, 0.25) is 0 Å². The highest BCUT2D eigenvalue weighted by Crippen LogP contribution is 2.38. The maximum Gasteiger partial charge on any atom is 0.355 e. The molecular formula is C21H26N4O7. The van der Waals surface area contributed by atoms with E-state index in [0.29, 0.717) is 45.6 Å². The zero-order valence-electron chi connectivity index (χ0n) is 18.7. The van der Waals surface area contributed by atoms with Crippen molar-refractivity contribution in [3.05, 3.63) is 35.4 Å². The molecule has 0 saturated heterocycles. The molecule has 0 heterocycles. The first kappa shape index (κ1) is 24.1. The van der Waals surface area contributed by atoms with Gasteiger partial charge in [0.05, 0.1) is 55.1 Å². The average molecular weight is 446 g/mol. The molecule has 0 aliphatic heterocycles. The summed E-state index contributed by atoms with van der Waals surface area (Å²) in [7, 11) is 9.06. The molecule has 0 fully saturated rings. The van der Waals surface area contributed by atoms with Crippen molar-refractivity contribution < 1.29 is 33.2 Å². The molecule has 0 unspecified atom stereocenters. The van der Waals surface area contributed by atoms with Crippen LogP contribution in [0.5, 0.6) is 34.5 Å². The van der Waals surface area contributed by atoms with Gasteiger partial charge in [-0.25, -0.2) is 15.6 Å². The smallest absolute Gasteiger partial charge is 0.355 e. The number of hydrazone groups is 2. The van der Waals surface area contributed by atoms with Crippen LogP contribution in [-0.2, 0) is 0 Å². The second-order valence-electron chi connectivity index (χ2n) is 5.99. The summed E-state index contributed by atoms with van der Waals surface area (Å²) in [6.07, 6.45) is 2.85. The van der Waals surface area contributed by atoms with Gasteiger partial charge in [-0.3, -0.25) is 0 Å². The first-order valence-electron chi connectivity index (χ1n) is 9.23. The topological polar surface area (TPSA) is 121 Å². The second-order valence-corrected chi connectivity index (χ2v) is 5.99. The quantitative estimate of drug-likeness (QED) is 0.425. The third-order valence-electron chi connectivity index (χ3n) is 4.13. The number of benzene rings is 2. The molecule has 0 radical (unpaired) electrons.